The van der Waals surface area contributed by atoms with Gasteiger partial charge in [-0.2, -0.15) is 0 Å². The van der Waals surface area contributed by atoms with Crippen LogP contribution in [0.5, 0.6) is 5.75 Å². The van der Waals surface area contributed by atoms with Crippen molar-refractivity contribution < 1.29 is 19.1 Å². The SMILES string of the molecule is NC(=O)c1cc(Cl)ccc1OCCCN1C(=O)c2ccccc2C1=O. The highest BCUT2D eigenvalue weighted by atomic mass is 35.5. The van der Waals surface area contributed by atoms with Crippen molar-refractivity contribution in [3.63, 3.8) is 0 Å². The van der Waals surface area contributed by atoms with Crippen molar-refractivity contribution in [2.75, 3.05) is 13.2 Å². The van der Waals surface area contributed by atoms with E-state index in [1.165, 1.54) is 11.0 Å². The summed E-state index contributed by atoms with van der Waals surface area (Å²) in [5.41, 5.74) is 6.32. The van der Waals surface area contributed by atoms with Crippen LogP contribution in [0.3, 0.4) is 0 Å². The third-order valence-electron chi connectivity index (χ3n) is 3.87. The minimum Gasteiger partial charge on any atom is -0.493 e. The number of rotatable bonds is 6. The lowest BCUT2D eigenvalue weighted by atomic mass is 10.1. The van der Waals surface area contributed by atoms with Crippen LogP contribution in [-0.2, 0) is 0 Å². The van der Waals surface area contributed by atoms with E-state index < -0.39 is 5.91 Å². The predicted octanol–water partition coefficient (Wildman–Crippen LogP) is 2.50. The van der Waals surface area contributed by atoms with Crippen molar-refractivity contribution in [2.45, 2.75) is 6.42 Å². The van der Waals surface area contributed by atoms with Gasteiger partial charge in [0.05, 0.1) is 23.3 Å². The predicted molar refractivity (Wildman–Crippen MR) is 91.9 cm³/mol. The van der Waals surface area contributed by atoms with Crippen LogP contribution in [0.15, 0.2) is 42.5 Å². The maximum atomic E-state index is 12.2. The number of hydrogen-bond donors (Lipinski definition) is 1. The molecule has 2 aromatic rings. The van der Waals surface area contributed by atoms with E-state index in [0.717, 1.165) is 0 Å². The Morgan fingerprint density at radius 2 is 1.72 bits per heavy atom. The first-order valence-electron chi connectivity index (χ1n) is 7.66. The molecule has 128 valence electrons. The summed E-state index contributed by atoms with van der Waals surface area (Å²) in [6.07, 6.45) is 0.423. The molecular formula is C18H15ClN2O4. The zero-order chi connectivity index (χ0) is 18.0. The van der Waals surface area contributed by atoms with E-state index in [1.807, 2.05) is 0 Å². The minimum absolute atomic E-state index is 0.188. The van der Waals surface area contributed by atoms with E-state index in [-0.39, 0.29) is 30.5 Å². The lowest BCUT2D eigenvalue weighted by Gasteiger charge is -2.14. The van der Waals surface area contributed by atoms with Crippen LogP contribution in [0.1, 0.15) is 37.5 Å². The van der Waals surface area contributed by atoms with Gasteiger partial charge in [0.2, 0.25) is 0 Å². The number of ether oxygens (including phenoxy) is 1. The number of nitrogens with zero attached hydrogens (tertiary/aromatic N) is 1. The van der Waals surface area contributed by atoms with E-state index in [4.69, 9.17) is 22.1 Å². The van der Waals surface area contributed by atoms with Crippen LogP contribution in [-0.4, -0.2) is 35.8 Å². The number of carbonyl (C=O) groups excluding carboxylic acids is 3. The summed E-state index contributed by atoms with van der Waals surface area (Å²) < 4.78 is 5.55. The van der Waals surface area contributed by atoms with Crippen LogP contribution >= 0.6 is 11.6 Å². The molecule has 6 nitrogen and oxygen atoms in total. The molecule has 0 spiro atoms. The zero-order valence-corrected chi connectivity index (χ0v) is 14.0. The first kappa shape index (κ1) is 17.0. The Hall–Kier alpha value is -2.86. The standard InChI is InChI=1S/C18H15ClN2O4/c19-11-6-7-15(14(10-11)16(20)22)25-9-3-8-21-17(23)12-4-1-2-5-13(12)18(21)24/h1-2,4-7,10H,3,8-9H2,(H2,20,22). The van der Waals surface area contributed by atoms with Gasteiger partial charge in [0.15, 0.2) is 0 Å². The largest absolute Gasteiger partial charge is 0.493 e. The van der Waals surface area contributed by atoms with Gasteiger partial charge in [0.25, 0.3) is 17.7 Å². The van der Waals surface area contributed by atoms with Gasteiger partial charge in [-0.1, -0.05) is 23.7 Å². The number of amides is 3. The maximum Gasteiger partial charge on any atom is 0.261 e. The molecule has 3 rings (SSSR count). The average Bonchev–Trinajstić information content (AvgIpc) is 2.84. The zero-order valence-electron chi connectivity index (χ0n) is 13.2. The van der Waals surface area contributed by atoms with Gasteiger partial charge < -0.3 is 10.5 Å². The van der Waals surface area contributed by atoms with Crippen molar-refractivity contribution >= 4 is 29.3 Å². The summed E-state index contributed by atoms with van der Waals surface area (Å²) in [5.74, 6) is -0.924. The lowest BCUT2D eigenvalue weighted by Crippen LogP contribution is -2.31. The molecule has 0 unspecified atom stereocenters. The van der Waals surface area contributed by atoms with Crippen molar-refractivity contribution in [2.24, 2.45) is 5.73 Å². The van der Waals surface area contributed by atoms with E-state index in [1.54, 1.807) is 36.4 Å². The molecule has 2 N–H and O–H groups in total. The summed E-state index contributed by atoms with van der Waals surface area (Å²) >= 11 is 5.84. The molecular weight excluding hydrogens is 344 g/mol. The second-order valence-electron chi connectivity index (χ2n) is 5.51. The fourth-order valence-corrected chi connectivity index (χ4v) is 2.84. The summed E-state index contributed by atoms with van der Waals surface area (Å²) in [4.78, 5) is 37.1. The molecule has 1 aliphatic rings. The van der Waals surface area contributed by atoms with Gasteiger partial charge >= 0.3 is 0 Å². The van der Waals surface area contributed by atoms with Gasteiger partial charge in [-0.3, -0.25) is 19.3 Å². The summed E-state index contributed by atoms with van der Waals surface area (Å²) in [7, 11) is 0. The molecule has 25 heavy (non-hydrogen) atoms. The molecule has 0 radical (unpaired) electrons. The average molecular weight is 359 g/mol. The Bertz CT molecular complexity index is 831. The first-order chi connectivity index (χ1) is 12.0. The van der Waals surface area contributed by atoms with Crippen LogP contribution in [0.4, 0.5) is 0 Å². The number of fused-ring (bicyclic) bond motifs is 1. The van der Waals surface area contributed by atoms with E-state index in [9.17, 15) is 14.4 Å². The second-order valence-corrected chi connectivity index (χ2v) is 5.95. The fraction of sp³-hybridized carbons (Fsp3) is 0.167. The second kappa shape index (κ2) is 6.94. The van der Waals surface area contributed by atoms with Crippen LogP contribution in [0, 0.1) is 0 Å². The third-order valence-corrected chi connectivity index (χ3v) is 4.10. The highest BCUT2D eigenvalue weighted by Crippen LogP contribution is 2.24. The fourth-order valence-electron chi connectivity index (χ4n) is 2.67. The third kappa shape index (κ3) is 3.34. The number of halogens is 1. The summed E-state index contributed by atoms with van der Waals surface area (Å²) in [5, 5.41) is 0.382. The molecule has 2 aromatic carbocycles. The quantitative estimate of drug-likeness (QED) is 0.634. The lowest BCUT2D eigenvalue weighted by molar-refractivity contribution is 0.0646. The van der Waals surface area contributed by atoms with Gasteiger partial charge in [0, 0.05) is 11.6 Å². The van der Waals surface area contributed by atoms with E-state index in [0.29, 0.717) is 28.3 Å². The smallest absolute Gasteiger partial charge is 0.261 e. The van der Waals surface area contributed by atoms with Gasteiger partial charge in [-0.25, -0.2) is 0 Å². The van der Waals surface area contributed by atoms with Crippen LogP contribution < -0.4 is 10.5 Å². The number of imide groups is 1. The number of hydrogen-bond acceptors (Lipinski definition) is 4. The van der Waals surface area contributed by atoms with Crippen molar-refractivity contribution in [1.82, 2.24) is 4.90 Å². The monoisotopic (exact) mass is 358 g/mol. The molecule has 7 heteroatoms. The summed E-state index contributed by atoms with van der Waals surface area (Å²) in [6.45, 7) is 0.446. The molecule has 0 bridgehead atoms. The minimum atomic E-state index is -0.641. The van der Waals surface area contributed by atoms with Crippen molar-refractivity contribution in [3.05, 3.63) is 64.2 Å². The highest BCUT2D eigenvalue weighted by Gasteiger charge is 2.34. The van der Waals surface area contributed by atoms with Crippen molar-refractivity contribution in [3.8, 4) is 5.75 Å². The molecule has 0 aliphatic carbocycles. The molecule has 0 saturated heterocycles. The topological polar surface area (TPSA) is 89.7 Å². The van der Waals surface area contributed by atoms with Gasteiger partial charge in [0.1, 0.15) is 5.75 Å². The van der Waals surface area contributed by atoms with Crippen LogP contribution in [0.25, 0.3) is 0 Å². The maximum absolute atomic E-state index is 12.2. The molecule has 0 aromatic heterocycles. The molecule has 0 atom stereocenters. The van der Waals surface area contributed by atoms with E-state index in [2.05, 4.69) is 0 Å². The number of nitrogens with two attached hydrogens (primary N) is 1. The van der Waals surface area contributed by atoms with Gasteiger partial charge in [-0.15, -0.1) is 0 Å². The number of benzene rings is 2. The van der Waals surface area contributed by atoms with Crippen molar-refractivity contribution in [1.29, 1.82) is 0 Å². The Labute approximate surface area is 149 Å². The Kier molecular flexibility index (Phi) is 4.72. The number of carbonyl (C=O) groups is 3. The normalized spacial score (nSPS) is 13.1. The Morgan fingerprint density at radius 1 is 1.08 bits per heavy atom. The van der Waals surface area contributed by atoms with E-state index >= 15 is 0 Å². The Balaban J connectivity index is 1.59. The molecule has 1 heterocycles. The first-order valence-corrected chi connectivity index (χ1v) is 8.04. The molecule has 0 saturated carbocycles. The number of primary amides is 1. The van der Waals surface area contributed by atoms with Crippen LogP contribution in [0.2, 0.25) is 5.02 Å². The molecule has 1 aliphatic heterocycles. The molecule has 0 fully saturated rings. The summed E-state index contributed by atoms with van der Waals surface area (Å²) in [6, 6.07) is 11.3. The van der Waals surface area contributed by atoms with Gasteiger partial charge in [-0.05, 0) is 36.8 Å². The molecule has 3 amide bonds. The Morgan fingerprint density at radius 3 is 2.32 bits per heavy atom. The highest BCUT2D eigenvalue weighted by molar-refractivity contribution is 6.31.